The summed E-state index contributed by atoms with van der Waals surface area (Å²) in [5.41, 5.74) is 2.10. The lowest BCUT2D eigenvalue weighted by Crippen LogP contribution is -2.22. The first-order valence-electron chi connectivity index (χ1n) is 9.74. The Morgan fingerprint density at radius 3 is 2.19 bits per heavy atom. The quantitative estimate of drug-likeness (QED) is 0.269. The molecule has 0 radical (unpaired) electrons. The van der Waals surface area contributed by atoms with Crippen molar-refractivity contribution in [3.63, 3.8) is 0 Å². The highest BCUT2D eigenvalue weighted by Crippen LogP contribution is 2.32. The van der Waals surface area contributed by atoms with Crippen molar-refractivity contribution in [2.24, 2.45) is 0 Å². The predicted molar refractivity (Wildman–Crippen MR) is 128 cm³/mol. The summed E-state index contributed by atoms with van der Waals surface area (Å²) < 4.78 is 17.6. The van der Waals surface area contributed by atoms with Crippen LogP contribution in [0.3, 0.4) is 0 Å². The zero-order valence-corrected chi connectivity index (χ0v) is 19.4. The average molecular weight is 469 g/mol. The lowest BCUT2D eigenvalue weighted by molar-refractivity contribution is 0.355. The molecule has 0 saturated heterocycles. The Hall–Kier alpha value is -3.16. The molecule has 4 rings (SSSR count). The van der Waals surface area contributed by atoms with Crippen molar-refractivity contribution >= 4 is 34.3 Å². The number of thioether (sulfide) groups is 1. The monoisotopic (exact) mass is 468 g/mol. The molecule has 0 bridgehead atoms. The van der Waals surface area contributed by atoms with Crippen LogP contribution in [0.15, 0.2) is 70.6 Å². The summed E-state index contributed by atoms with van der Waals surface area (Å²) in [6, 6.07) is 18.3. The van der Waals surface area contributed by atoms with Gasteiger partial charge in [0.15, 0.2) is 16.7 Å². The Morgan fingerprint density at radius 1 is 0.906 bits per heavy atom. The van der Waals surface area contributed by atoms with Gasteiger partial charge in [0.2, 0.25) is 0 Å². The first-order valence-corrected chi connectivity index (χ1v) is 11.1. The normalized spacial score (nSPS) is 10.9. The van der Waals surface area contributed by atoms with Crippen LogP contribution in [0.4, 0.5) is 0 Å². The zero-order chi connectivity index (χ0) is 22.7. The van der Waals surface area contributed by atoms with Gasteiger partial charge in [-0.1, -0.05) is 35.5 Å². The zero-order valence-electron chi connectivity index (χ0n) is 17.8. The minimum absolute atomic E-state index is 0.199. The number of nitrogens with zero attached hydrogens (tertiary/aromatic N) is 2. The molecule has 4 aromatic rings. The smallest absolute Gasteiger partial charge is 0.266 e. The van der Waals surface area contributed by atoms with Crippen molar-refractivity contribution in [3.8, 4) is 22.9 Å². The van der Waals surface area contributed by atoms with E-state index < -0.39 is 0 Å². The van der Waals surface area contributed by atoms with E-state index >= 15 is 0 Å². The number of halogens is 1. The molecule has 1 heterocycles. The Kier molecular flexibility index (Phi) is 6.58. The predicted octanol–water partition coefficient (Wildman–Crippen LogP) is 5.36. The van der Waals surface area contributed by atoms with Gasteiger partial charge in [0.25, 0.3) is 5.56 Å². The summed E-state index contributed by atoms with van der Waals surface area (Å²) in [6.45, 7) is 0. The van der Waals surface area contributed by atoms with Crippen LogP contribution in [0, 0.1) is 0 Å². The second-order valence-corrected chi connectivity index (χ2v) is 8.25. The van der Waals surface area contributed by atoms with Gasteiger partial charge in [-0.2, -0.15) is 0 Å². The molecule has 0 fully saturated rings. The van der Waals surface area contributed by atoms with Gasteiger partial charge in [0, 0.05) is 16.8 Å². The largest absolute Gasteiger partial charge is 0.497 e. The number of aromatic nitrogens is 2. The van der Waals surface area contributed by atoms with Gasteiger partial charge in [0.05, 0.1) is 37.9 Å². The molecule has 32 heavy (non-hydrogen) atoms. The van der Waals surface area contributed by atoms with Gasteiger partial charge >= 0.3 is 0 Å². The minimum atomic E-state index is -0.199. The van der Waals surface area contributed by atoms with Crippen LogP contribution in [-0.4, -0.2) is 30.9 Å². The molecule has 0 aliphatic carbocycles. The van der Waals surface area contributed by atoms with Crippen molar-refractivity contribution in [3.05, 3.63) is 81.6 Å². The molecule has 0 atom stereocenters. The fourth-order valence-corrected chi connectivity index (χ4v) is 4.37. The minimum Gasteiger partial charge on any atom is -0.497 e. The molecule has 0 aliphatic heterocycles. The van der Waals surface area contributed by atoms with Crippen molar-refractivity contribution in [1.29, 1.82) is 0 Å². The number of ether oxygens (including phenoxy) is 3. The van der Waals surface area contributed by atoms with Crippen molar-refractivity contribution in [1.82, 2.24) is 9.55 Å². The van der Waals surface area contributed by atoms with Crippen LogP contribution < -0.4 is 19.8 Å². The third-order valence-electron chi connectivity index (χ3n) is 4.95. The average Bonchev–Trinajstić information content (AvgIpc) is 2.83. The van der Waals surface area contributed by atoms with Gasteiger partial charge in [-0.3, -0.25) is 9.36 Å². The Bertz CT molecular complexity index is 1310. The molecule has 0 amide bonds. The number of fused-ring (bicyclic) bond motifs is 1. The molecular formula is C24H21ClN2O4S. The molecule has 8 heteroatoms. The van der Waals surface area contributed by atoms with Gasteiger partial charge in [-0.15, -0.1) is 0 Å². The lowest BCUT2D eigenvalue weighted by atomic mass is 10.2. The number of benzene rings is 3. The fraction of sp³-hybridized carbons (Fsp3) is 0.167. The third kappa shape index (κ3) is 4.40. The van der Waals surface area contributed by atoms with E-state index in [1.54, 1.807) is 55.2 Å². The number of methoxy groups -OCH3 is 3. The summed E-state index contributed by atoms with van der Waals surface area (Å²) >= 11 is 7.53. The van der Waals surface area contributed by atoms with Crippen LogP contribution in [0.5, 0.6) is 17.2 Å². The van der Waals surface area contributed by atoms with Gasteiger partial charge in [-0.05, 0) is 48.0 Å². The summed E-state index contributed by atoms with van der Waals surface area (Å²) in [6.07, 6.45) is 0. The number of hydrogen-bond donors (Lipinski definition) is 0. The highest BCUT2D eigenvalue weighted by Gasteiger charge is 2.17. The summed E-state index contributed by atoms with van der Waals surface area (Å²) in [5.74, 6) is 2.41. The summed E-state index contributed by atoms with van der Waals surface area (Å²) in [7, 11) is 4.72. The molecule has 0 N–H and O–H groups in total. The second kappa shape index (κ2) is 9.54. The van der Waals surface area contributed by atoms with Crippen LogP contribution in [-0.2, 0) is 5.75 Å². The fourth-order valence-electron chi connectivity index (χ4n) is 3.28. The van der Waals surface area contributed by atoms with E-state index in [0.29, 0.717) is 44.0 Å². The summed E-state index contributed by atoms with van der Waals surface area (Å²) in [5, 5.41) is 1.59. The molecule has 1 aromatic heterocycles. The molecule has 6 nitrogen and oxygen atoms in total. The van der Waals surface area contributed by atoms with Gasteiger partial charge < -0.3 is 14.2 Å². The van der Waals surface area contributed by atoms with E-state index in [4.69, 9.17) is 30.8 Å². The topological polar surface area (TPSA) is 62.6 Å². The second-order valence-electron chi connectivity index (χ2n) is 6.87. The van der Waals surface area contributed by atoms with Gasteiger partial charge in [0.1, 0.15) is 5.75 Å². The Balaban J connectivity index is 1.84. The van der Waals surface area contributed by atoms with Crippen LogP contribution in [0.1, 0.15) is 5.56 Å². The maximum absolute atomic E-state index is 13.6. The third-order valence-corrected chi connectivity index (χ3v) is 6.22. The van der Waals surface area contributed by atoms with E-state index in [-0.39, 0.29) is 5.56 Å². The Morgan fingerprint density at radius 2 is 1.56 bits per heavy atom. The highest BCUT2D eigenvalue weighted by atomic mass is 35.5. The van der Waals surface area contributed by atoms with Crippen LogP contribution >= 0.6 is 23.4 Å². The van der Waals surface area contributed by atoms with Crippen LogP contribution in [0.2, 0.25) is 5.02 Å². The maximum atomic E-state index is 13.6. The van der Waals surface area contributed by atoms with Crippen molar-refractivity contribution in [2.75, 3.05) is 21.3 Å². The molecule has 0 aliphatic rings. The van der Waals surface area contributed by atoms with E-state index in [0.717, 1.165) is 11.3 Å². The first kappa shape index (κ1) is 22.0. The highest BCUT2D eigenvalue weighted by molar-refractivity contribution is 7.98. The van der Waals surface area contributed by atoms with E-state index in [1.165, 1.54) is 18.9 Å². The standard InChI is InChI=1S/C24H21ClN2O4S/c1-29-18-10-4-15(5-11-18)14-32-24-26-20-13-22(31-3)21(30-2)12-19(20)23(28)27(24)17-8-6-16(25)7-9-17/h4-13H,14H2,1-3H3. The molecule has 0 saturated carbocycles. The van der Waals surface area contributed by atoms with Crippen LogP contribution in [0.25, 0.3) is 16.6 Å². The maximum Gasteiger partial charge on any atom is 0.266 e. The molecule has 164 valence electrons. The number of rotatable bonds is 7. The Labute approximate surface area is 194 Å². The lowest BCUT2D eigenvalue weighted by Gasteiger charge is -2.15. The molecule has 0 unspecified atom stereocenters. The summed E-state index contributed by atoms with van der Waals surface area (Å²) in [4.78, 5) is 18.4. The van der Waals surface area contributed by atoms with Gasteiger partial charge in [-0.25, -0.2) is 4.98 Å². The molecule has 3 aromatic carbocycles. The van der Waals surface area contributed by atoms with E-state index in [2.05, 4.69) is 0 Å². The number of hydrogen-bond acceptors (Lipinski definition) is 6. The molecular weight excluding hydrogens is 448 g/mol. The SMILES string of the molecule is COc1ccc(CSc2nc3cc(OC)c(OC)cc3c(=O)n2-c2ccc(Cl)cc2)cc1. The van der Waals surface area contributed by atoms with Crippen molar-refractivity contribution < 1.29 is 14.2 Å². The molecule has 0 spiro atoms. The van der Waals surface area contributed by atoms with Crippen molar-refractivity contribution in [2.45, 2.75) is 10.9 Å². The van der Waals surface area contributed by atoms with E-state index in [1.807, 2.05) is 24.3 Å². The first-order chi connectivity index (χ1) is 15.5. The van der Waals surface area contributed by atoms with E-state index in [9.17, 15) is 4.79 Å².